The molecule has 2 N–H and O–H groups in total. The Hall–Kier alpha value is -2.27. The second-order valence-corrected chi connectivity index (χ2v) is 6.63. The van der Waals surface area contributed by atoms with Gasteiger partial charge in [0.25, 0.3) is 0 Å². The number of benzene rings is 2. The molecule has 0 heterocycles. The second-order valence-electron chi connectivity index (χ2n) is 5.44. The first-order valence-corrected chi connectivity index (χ1v) is 8.97. The summed E-state index contributed by atoms with van der Waals surface area (Å²) in [4.78, 5) is 23.4. The third kappa shape index (κ3) is 5.74. The Morgan fingerprint density at radius 1 is 0.958 bits per heavy atom. The smallest absolute Gasteiger partial charge is 0.237 e. The van der Waals surface area contributed by atoms with E-state index in [0.29, 0.717) is 5.69 Å². The summed E-state index contributed by atoms with van der Waals surface area (Å²) in [6.07, 6.45) is 0.771. The number of thioether (sulfide) groups is 1. The van der Waals surface area contributed by atoms with Gasteiger partial charge in [0.15, 0.2) is 0 Å². The van der Waals surface area contributed by atoms with Crippen LogP contribution in [0.3, 0.4) is 0 Å². The Balaban J connectivity index is 1.90. The number of nitrogens with one attached hydrogen (secondary N) is 2. The molecule has 2 amide bonds. The van der Waals surface area contributed by atoms with Crippen molar-refractivity contribution in [3.8, 4) is 0 Å². The van der Waals surface area contributed by atoms with Gasteiger partial charge in [-0.2, -0.15) is 0 Å². The van der Waals surface area contributed by atoms with Gasteiger partial charge in [-0.1, -0.05) is 37.3 Å². The summed E-state index contributed by atoms with van der Waals surface area (Å²) in [7, 11) is 0. The normalized spacial score (nSPS) is 11.6. The summed E-state index contributed by atoms with van der Waals surface area (Å²) < 4.78 is 0. The minimum absolute atomic E-state index is 0.00529. The van der Waals surface area contributed by atoms with Crippen molar-refractivity contribution in [1.82, 2.24) is 0 Å². The van der Waals surface area contributed by atoms with E-state index in [0.717, 1.165) is 17.9 Å². The van der Waals surface area contributed by atoms with Gasteiger partial charge in [-0.25, -0.2) is 0 Å². The fourth-order valence-electron chi connectivity index (χ4n) is 2.21. The van der Waals surface area contributed by atoms with Crippen molar-refractivity contribution in [3.05, 3.63) is 60.2 Å². The van der Waals surface area contributed by atoms with Crippen LogP contribution in [-0.4, -0.2) is 17.1 Å². The van der Waals surface area contributed by atoms with E-state index in [2.05, 4.69) is 22.8 Å². The van der Waals surface area contributed by atoms with Gasteiger partial charge in [0.1, 0.15) is 0 Å². The number of anilines is 2. The predicted octanol–water partition coefficient (Wildman–Crippen LogP) is 4.30. The van der Waals surface area contributed by atoms with Gasteiger partial charge in [-0.15, -0.1) is 11.8 Å². The first kappa shape index (κ1) is 18.1. The van der Waals surface area contributed by atoms with Gasteiger partial charge in [0.2, 0.25) is 11.8 Å². The Morgan fingerprint density at radius 2 is 1.54 bits per heavy atom. The minimum atomic E-state index is -0.116. The highest BCUT2D eigenvalue weighted by Gasteiger charge is 2.17. The van der Waals surface area contributed by atoms with Crippen LogP contribution in [-0.2, 0) is 15.3 Å². The molecule has 4 nitrogen and oxygen atoms in total. The number of amides is 2. The lowest BCUT2D eigenvalue weighted by molar-refractivity contribution is -0.116. The quantitative estimate of drug-likeness (QED) is 0.789. The molecule has 0 aliphatic rings. The van der Waals surface area contributed by atoms with Gasteiger partial charge in [0.05, 0.1) is 5.25 Å². The molecule has 1 atom stereocenters. The van der Waals surface area contributed by atoms with Crippen LogP contribution in [0.25, 0.3) is 0 Å². The number of hydrogen-bond donors (Lipinski definition) is 2. The van der Waals surface area contributed by atoms with Crippen LogP contribution in [0.2, 0.25) is 0 Å². The van der Waals surface area contributed by atoms with Crippen LogP contribution in [0.4, 0.5) is 11.4 Å². The summed E-state index contributed by atoms with van der Waals surface area (Å²) in [5.74, 6) is 0.703. The highest BCUT2D eigenvalue weighted by molar-refractivity contribution is 7.99. The molecular formula is C19H22N2O2S. The SMILES string of the molecule is CCC(SCc1ccccc1)C(=O)Nc1ccc(NC(C)=O)cc1. The number of carbonyl (C=O) groups is 2. The number of hydrogen-bond acceptors (Lipinski definition) is 3. The first-order chi connectivity index (χ1) is 11.6. The molecule has 0 radical (unpaired) electrons. The zero-order chi connectivity index (χ0) is 17.4. The molecule has 0 bridgehead atoms. The lowest BCUT2D eigenvalue weighted by Gasteiger charge is -2.15. The molecule has 0 fully saturated rings. The zero-order valence-corrected chi connectivity index (χ0v) is 14.7. The van der Waals surface area contributed by atoms with E-state index < -0.39 is 0 Å². The largest absolute Gasteiger partial charge is 0.326 e. The maximum absolute atomic E-state index is 12.4. The van der Waals surface area contributed by atoms with E-state index in [1.807, 2.05) is 25.1 Å². The topological polar surface area (TPSA) is 58.2 Å². The van der Waals surface area contributed by atoms with Crippen LogP contribution in [0.5, 0.6) is 0 Å². The van der Waals surface area contributed by atoms with Gasteiger partial charge in [-0.3, -0.25) is 9.59 Å². The van der Waals surface area contributed by atoms with Crippen LogP contribution in [0, 0.1) is 0 Å². The van der Waals surface area contributed by atoms with Crippen molar-refractivity contribution in [2.24, 2.45) is 0 Å². The Labute approximate surface area is 147 Å². The van der Waals surface area contributed by atoms with Gasteiger partial charge in [-0.05, 0) is 36.2 Å². The molecule has 0 saturated heterocycles. The maximum atomic E-state index is 12.4. The molecule has 2 rings (SSSR count). The van der Waals surface area contributed by atoms with E-state index in [1.54, 1.807) is 36.0 Å². The van der Waals surface area contributed by atoms with Crippen molar-refractivity contribution in [1.29, 1.82) is 0 Å². The molecule has 0 saturated carbocycles. The van der Waals surface area contributed by atoms with Gasteiger partial charge >= 0.3 is 0 Å². The van der Waals surface area contributed by atoms with Crippen molar-refractivity contribution >= 4 is 35.0 Å². The fourth-order valence-corrected chi connectivity index (χ4v) is 3.24. The Kier molecular flexibility index (Phi) is 6.88. The highest BCUT2D eigenvalue weighted by atomic mass is 32.2. The first-order valence-electron chi connectivity index (χ1n) is 7.92. The second kappa shape index (κ2) is 9.13. The molecule has 24 heavy (non-hydrogen) atoms. The van der Waals surface area contributed by atoms with Crippen LogP contribution >= 0.6 is 11.8 Å². The molecule has 2 aromatic carbocycles. The molecular weight excluding hydrogens is 320 g/mol. The summed E-state index contributed by atoms with van der Waals surface area (Å²) in [5, 5.41) is 5.54. The summed E-state index contributed by atoms with van der Waals surface area (Å²) in [6.45, 7) is 3.48. The van der Waals surface area contributed by atoms with E-state index in [-0.39, 0.29) is 17.1 Å². The zero-order valence-electron chi connectivity index (χ0n) is 13.9. The van der Waals surface area contributed by atoms with E-state index in [1.165, 1.54) is 12.5 Å². The average molecular weight is 342 g/mol. The van der Waals surface area contributed by atoms with Gasteiger partial charge < -0.3 is 10.6 Å². The van der Waals surface area contributed by atoms with Crippen molar-refractivity contribution in [2.75, 3.05) is 10.6 Å². The van der Waals surface area contributed by atoms with E-state index >= 15 is 0 Å². The monoisotopic (exact) mass is 342 g/mol. The van der Waals surface area contributed by atoms with Crippen LogP contribution in [0.15, 0.2) is 54.6 Å². The van der Waals surface area contributed by atoms with E-state index in [4.69, 9.17) is 0 Å². The molecule has 0 spiro atoms. The highest BCUT2D eigenvalue weighted by Crippen LogP contribution is 2.22. The average Bonchev–Trinajstić information content (AvgIpc) is 2.58. The Bertz CT molecular complexity index is 672. The summed E-state index contributed by atoms with van der Waals surface area (Å²) >= 11 is 1.64. The lowest BCUT2D eigenvalue weighted by Crippen LogP contribution is -2.24. The molecule has 0 aliphatic heterocycles. The van der Waals surface area contributed by atoms with Crippen molar-refractivity contribution < 1.29 is 9.59 Å². The van der Waals surface area contributed by atoms with Crippen LogP contribution in [0.1, 0.15) is 25.8 Å². The standard InChI is InChI=1S/C19H22N2O2S/c1-3-18(24-13-15-7-5-4-6-8-15)19(23)21-17-11-9-16(10-12-17)20-14(2)22/h4-12,18H,3,13H2,1-2H3,(H,20,22)(H,21,23). The molecule has 0 aliphatic carbocycles. The minimum Gasteiger partial charge on any atom is -0.326 e. The van der Waals surface area contributed by atoms with Crippen molar-refractivity contribution in [2.45, 2.75) is 31.3 Å². The lowest BCUT2D eigenvalue weighted by atomic mass is 10.2. The molecule has 2 aromatic rings. The molecule has 0 aromatic heterocycles. The van der Waals surface area contributed by atoms with Crippen LogP contribution < -0.4 is 10.6 Å². The Morgan fingerprint density at radius 3 is 2.08 bits per heavy atom. The van der Waals surface area contributed by atoms with Gasteiger partial charge in [0, 0.05) is 24.1 Å². The third-order valence-corrected chi connectivity index (χ3v) is 4.88. The summed E-state index contributed by atoms with van der Waals surface area (Å²) in [5.41, 5.74) is 2.66. The predicted molar refractivity (Wildman–Crippen MR) is 101 cm³/mol. The molecule has 126 valence electrons. The fraction of sp³-hybridized carbons (Fsp3) is 0.263. The molecule has 1 unspecified atom stereocenters. The van der Waals surface area contributed by atoms with E-state index in [9.17, 15) is 9.59 Å². The third-order valence-electron chi connectivity index (χ3n) is 3.43. The number of carbonyl (C=O) groups excluding carboxylic acids is 2. The molecule has 5 heteroatoms. The van der Waals surface area contributed by atoms with Crippen molar-refractivity contribution in [3.63, 3.8) is 0 Å². The summed E-state index contributed by atoms with van der Waals surface area (Å²) in [6, 6.07) is 17.3. The maximum Gasteiger partial charge on any atom is 0.237 e. The number of rotatable bonds is 7.